The van der Waals surface area contributed by atoms with Crippen molar-refractivity contribution >= 4 is 23.2 Å². The first kappa shape index (κ1) is 17.0. The zero-order valence-electron chi connectivity index (χ0n) is 14.0. The highest BCUT2D eigenvalue weighted by atomic mass is 16.3. The van der Waals surface area contributed by atoms with Crippen molar-refractivity contribution in [2.75, 3.05) is 42.7 Å². The summed E-state index contributed by atoms with van der Waals surface area (Å²) in [6.45, 7) is 3.99. The summed E-state index contributed by atoms with van der Waals surface area (Å²) in [5, 5.41) is 3.23. The number of piperidine rings is 1. The van der Waals surface area contributed by atoms with E-state index in [2.05, 4.69) is 31.0 Å². The lowest BCUT2D eigenvalue weighted by molar-refractivity contribution is 0.0935. The minimum atomic E-state index is -0.414. The Hall–Kier alpha value is -2.81. The summed E-state index contributed by atoms with van der Waals surface area (Å²) in [7, 11) is 0. The maximum absolute atomic E-state index is 11.8. The lowest BCUT2D eigenvalue weighted by atomic mass is 10.1. The van der Waals surface area contributed by atoms with Crippen molar-refractivity contribution < 1.29 is 9.21 Å². The van der Waals surface area contributed by atoms with Gasteiger partial charge in [0.2, 0.25) is 0 Å². The highest BCUT2D eigenvalue weighted by molar-refractivity contribution is 5.92. The predicted octanol–water partition coefficient (Wildman–Crippen LogP) is 1.31. The number of anilines is 3. The zero-order valence-corrected chi connectivity index (χ0v) is 14.0. The van der Waals surface area contributed by atoms with Gasteiger partial charge in [0, 0.05) is 13.1 Å². The number of amides is 1. The van der Waals surface area contributed by atoms with Gasteiger partial charge in [0.05, 0.1) is 6.26 Å². The van der Waals surface area contributed by atoms with Crippen LogP contribution in [0.4, 0.5) is 17.3 Å². The number of carbonyl (C=O) groups excluding carboxylic acids is 1. The van der Waals surface area contributed by atoms with Crippen LogP contribution >= 0.6 is 0 Å². The quantitative estimate of drug-likeness (QED) is 0.554. The van der Waals surface area contributed by atoms with Gasteiger partial charge in [0.25, 0.3) is 0 Å². The number of hydrogen-bond donors (Lipinski definition) is 4. The molecule has 0 spiro atoms. The normalized spacial score (nSPS) is 14.9. The molecule has 9 nitrogen and oxygen atoms in total. The van der Waals surface area contributed by atoms with Crippen molar-refractivity contribution in [3.63, 3.8) is 0 Å². The second kappa shape index (κ2) is 8.34. The van der Waals surface area contributed by atoms with E-state index in [4.69, 9.17) is 10.2 Å². The van der Waals surface area contributed by atoms with E-state index < -0.39 is 5.91 Å². The Morgan fingerprint density at radius 2 is 2.04 bits per heavy atom. The average Bonchev–Trinajstić information content (AvgIpc) is 3.17. The van der Waals surface area contributed by atoms with Crippen LogP contribution in [0.15, 0.2) is 29.1 Å². The van der Waals surface area contributed by atoms with Gasteiger partial charge in [-0.3, -0.25) is 15.6 Å². The predicted molar refractivity (Wildman–Crippen MR) is 95.0 cm³/mol. The van der Waals surface area contributed by atoms with Gasteiger partial charge in [0.15, 0.2) is 17.4 Å². The number of nitrogens with two attached hydrogens (primary N) is 1. The minimum absolute atomic E-state index is 0.194. The number of nitrogens with zero attached hydrogens (tertiary/aromatic N) is 3. The van der Waals surface area contributed by atoms with Crippen LogP contribution in [0, 0.1) is 0 Å². The number of furan rings is 1. The number of hydrazine groups is 1. The number of likely N-dealkylation sites (tertiary alicyclic amines) is 1. The standard InChI is InChI=1S/C16H23N7O2/c17-13-14(18-6-9-23-7-2-1-3-8-23)19-11-20-15(13)21-22-16(24)12-5-4-10-25-12/h4-5,10-11H,1-3,6-9,17H2,(H,22,24)(H2,18,19,20,21). The first-order valence-corrected chi connectivity index (χ1v) is 8.40. The van der Waals surface area contributed by atoms with E-state index in [-0.39, 0.29) is 5.76 Å². The Kier molecular flexibility index (Phi) is 5.68. The number of carbonyl (C=O) groups is 1. The summed E-state index contributed by atoms with van der Waals surface area (Å²) >= 11 is 0. The molecule has 1 saturated heterocycles. The minimum Gasteiger partial charge on any atom is -0.459 e. The molecule has 0 saturated carbocycles. The van der Waals surface area contributed by atoms with Crippen LogP contribution in [0.1, 0.15) is 29.8 Å². The van der Waals surface area contributed by atoms with Gasteiger partial charge in [-0.15, -0.1) is 0 Å². The Morgan fingerprint density at radius 3 is 2.80 bits per heavy atom. The number of aromatic nitrogens is 2. The van der Waals surface area contributed by atoms with E-state index in [0.717, 1.165) is 26.2 Å². The lowest BCUT2D eigenvalue weighted by Crippen LogP contribution is -2.34. The van der Waals surface area contributed by atoms with Crippen molar-refractivity contribution in [3.05, 3.63) is 30.5 Å². The van der Waals surface area contributed by atoms with Crippen LogP contribution in [-0.2, 0) is 0 Å². The fourth-order valence-corrected chi connectivity index (χ4v) is 2.74. The molecule has 1 amide bonds. The van der Waals surface area contributed by atoms with Crippen molar-refractivity contribution in [1.82, 2.24) is 20.3 Å². The van der Waals surface area contributed by atoms with Crippen molar-refractivity contribution in [2.24, 2.45) is 0 Å². The van der Waals surface area contributed by atoms with Gasteiger partial charge < -0.3 is 20.4 Å². The molecular formula is C16H23N7O2. The molecule has 0 aliphatic carbocycles. The first-order chi connectivity index (χ1) is 12.2. The van der Waals surface area contributed by atoms with E-state index >= 15 is 0 Å². The summed E-state index contributed by atoms with van der Waals surface area (Å²) in [5.41, 5.74) is 11.6. The third-order valence-corrected chi connectivity index (χ3v) is 4.09. The third-order valence-electron chi connectivity index (χ3n) is 4.09. The number of nitrogens with one attached hydrogen (secondary N) is 3. The molecule has 0 radical (unpaired) electrons. The molecule has 2 aromatic rings. The molecule has 0 unspecified atom stereocenters. The Morgan fingerprint density at radius 1 is 1.24 bits per heavy atom. The van der Waals surface area contributed by atoms with Crippen molar-refractivity contribution in [2.45, 2.75) is 19.3 Å². The van der Waals surface area contributed by atoms with Crippen LogP contribution in [0.2, 0.25) is 0 Å². The van der Waals surface area contributed by atoms with Gasteiger partial charge in [-0.2, -0.15) is 0 Å². The number of hydrogen-bond acceptors (Lipinski definition) is 8. The van der Waals surface area contributed by atoms with Crippen LogP contribution in [0.5, 0.6) is 0 Å². The molecular weight excluding hydrogens is 322 g/mol. The lowest BCUT2D eigenvalue weighted by Gasteiger charge is -2.26. The largest absolute Gasteiger partial charge is 0.459 e. The molecule has 0 atom stereocenters. The molecule has 1 fully saturated rings. The van der Waals surface area contributed by atoms with E-state index in [9.17, 15) is 4.79 Å². The summed E-state index contributed by atoms with van der Waals surface area (Å²) in [5.74, 6) is 0.653. The van der Waals surface area contributed by atoms with Crippen molar-refractivity contribution in [1.29, 1.82) is 0 Å². The zero-order chi connectivity index (χ0) is 17.5. The number of rotatable bonds is 7. The number of nitrogen functional groups attached to an aromatic ring is 1. The molecule has 1 aliphatic heterocycles. The van der Waals surface area contributed by atoms with Crippen LogP contribution in [0.3, 0.4) is 0 Å². The summed E-state index contributed by atoms with van der Waals surface area (Å²) in [4.78, 5) is 22.5. The van der Waals surface area contributed by atoms with E-state index in [1.807, 2.05) is 0 Å². The van der Waals surface area contributed by atoms with Gasteiger partial charge in [-0.25, -0.2) is 9.97 Å². The third kappa shape index (κ3) is 4.60. The molecule has 2 aromatic heterocycles. The monoisotopic (exact) mass is 345 g/mol. The summed E-state index contributed by atoms with van der Waals surface area (Å²) in [6, 6.07) is 3.20. The van der Waals surface area contributed by atoms with Crippen molar-refractivity contribution in [3.8, 4) is 0 Å². The van der Waals surface area contributed by atoms with Gasteiger partial charge in [-0.05, 0) is 38.1 Å². The Labute approximate surface area is 146 Å². The molecule has 0 bridgehead atoms. The topological polar surface area (TPSA) is 121 Å². The Bertz CT molecular complexity index is 684. The van der Waals surface area contributed by atoms with Crippen LogP contribution in [0.25, 0.3) is 0 Å². The highest BCUT2D eigenvalue weighted by Gasteiger charge is 2.13. The summed E-state index contributed by atoms with van der Waals surface area (Å²) < 4.78 is 5.02. The van der Waals surface area contributed by atoms with Gasteiger partial charge >= 0.3 is 5.91 Å². The fraction of sp³-hybridized carbons (Fsp3) is 0.438. The molecule has 3 heterocycles. The molecule has 5 N–H and O–H groups in total. The fourth-order valence-electron chi connectivity index (χ4n) is 2.74. The van der Waals surface area contributed by atoms with E-state index in [1.54, 1.807) is 12.1 Å². The van der Waals surface area contributed by atoms with Gasteiger partial charge in [0.1, 0.15) is 12.0 Å². The molecule has 0 aromatic carbocycles. The molecule has 9 heteroatoms. The second-order valence-electron chi connectivity index (χ2n) is 5.87. The van der Waals surface area contributed by atoms with E-state index in [1.165, 1.54) is 31.9 Å². The maximum atomic E-state index is 11.8. The first-order valence-electron chi connectivity index (χ1n) is 8.40. The van der Waals surface area contributed by atoms with Crippen LogP contribution in [-0.4, -0.2) is 47.0 Å². The summed E-state index contributed by atoms with van der Waals surface area (Å²) in [6.07, 6.45) is 6.67. The molecule has 3 rings (SSSR count). The smallest absolute Gasteiger partial charge is 0.305 e. The van der Waals surface area contributed by atoms with E-state index in [0.29, 0.717) is 17.3 Å². The molecule has 1 aliphatic rings. The average molecular weight is 345 g/mol. The maximum Gasteiger partial charge on any atom is 0.305 e. The second-order valence-corrected chi connectivity index (χ2v) is 5.87. The van der Waals surface area contributed by atoms with Gasteiger partial charge in [-0.1, -0.05) is 6.42 Å². The molecule has 134 valence electrons. The van der Waals surface area contributed by atoms with Crippen LogP contribution < -0.4 is 21.9 Å². The highest BCUT2D eigenvalue weighted by Crippen LogP contribution is 2.21. The molecule has 25 heavy (non-hydrogen) atoms. The Balaban J connectivity index is 1.51. The SMILES string of the molecule is Nc1c(NCCN2CCCCC2)ncnc1NNC(=O)c1ccco1.